The monoisotopic (exact) mass is 292 g/mol. The maximum atomic E-state index is 9.45. The molecule has 1 aromatic carbocycles. The fraction of sp³-hybridized carbons (Fsp3) is 0.250. The SMILES string of the molecule is Oc1ccc(Cl)cc1C(Cl)C(Cl)(Cl)Cl. The molecule has 6 heteroatoms. The van der Waals surface area contributed by atoms with Crippen molar-refractivity contribution < 1.29 is 5.11 Å². The Morgan fingerprint density at radius 2 is 1.79 bits per heavy atom. The van der Waals surface area contributed by atoms with Crippen molar-refractivity contribution in [2.45, 2.75) is 9.17 Å². The van der Waals surface area contributed by atoms with Gasteiger partial charge in [-0.05, 0) is 18.2 Å². The van der Waals surface area contributed by atoms with Gasteiger partial charge < -0.3 is 5.11 Å². The van der Waals surface area contributed by atoms with Gasteiger partial charge in [0.1, 0.15) is 11.1 Å². The first-order valence-electron chi connectivity index (χ1n) is 3.51. The van der Waals surface area contributed by atoms with Crippen LogP contribution >= 0.6 is 58.0 Å². The van der Waals surface area contributed by atoms with Crippen LogP contribution in [0.4, 0.5) is 0 Å². The molecule has 0 aliphatic carbocycles. The zero-order chi connectivity index (χ0) is 10.9. The van der Waals surface area contributed by atoms with Crippen LogP contribution in [0.1, 0.15) is 10.9 Å². The predicted molar refractivity (Wildman–Crippen MR) is 62.0 cm³/mol. The second-order valence-corrected chi connectivity index (χ2v) is 5.85. The first kappa shape index (κ1) is 12.5. The van der Waals surface area contributed by atoms with Crippen LogP contribution in [0.25, 0.3) is 0 Å². The van der Waals surface area contributed by atoms with E-state index in [1.807, 2.05) is 0 Å². The van der Waals surface area contributed by atoms with Crippen LogP contribution in [0.15, 0.2) is 18.2 Å². The Kier molecular flexibility index (Phi) is 4.07. The lowest BCUT2D eigenvalue weighted by atomic mass is 10.1. The molecule has 1 N–H and O–H groups in total. The Balaban J connectivity index is 3.12. The van der Waals surface area contributed by atoms with E-state index >= 15 is 0 Å². The molecule has 0 aromatic heterocycles. The van der Waals surface area contributed by atoms with Crippen LogP contribution in [-0.2, 0) is 0 Å². The summed E-state index contributed by atoms with van der Waals surface area (Å²) in [6.45, 7) is 0. The third kappa shape index (κ3) is 2.98. The molecule has 1 unspecified atom stereocenters. The fourth-order valence-corrected chi connectivity index (χ4v) is 1.61. The van der Waals surface area contributed by atoms with Gasteiger partial charge in [-0.25, -0.2) is 0 Å². The minimum Gasteiger partial charge on any atom is -0.508 e. The third-order valence-electron chi connectivity index (χ3n) is 1.55. The van der Waals surface area contributed by atoms with Crippen LogP contribution in [0, 0.1) is 0 Å². The van der Waals surface area contributed by atoms with Crippen molar-refractivity contribution in [3.05, 3.63) is 28.8 Å². The van der Waals surface area contributed by atoms with E-state index in [-0.39, 0.29) is 5.75 Å². The minimum atomic E-state index is -1.69. The fourth-order valence-electron chi connectivity index (χ4n) is 0.905. The van der Waals surface area contributed by atoms with Gasteiger partial charge in [-0.2, -0.15) is 0 Å². The van der Waals surface area contributed by atoms with E-state index in [0.29, 0.717) is 10.6 Å². The molecule has 0 heterocycles. The summed E-state index contributed by atoms with van der Waals surface area (Å²) < 4.78 is -1.69. The first-order chi connectivity index (χ1) is 6.32. The van der Waals surface area contributed by atoms with Gasteiger partial charge in [-0.1, -0.05) is 46.4 Å². The van der Waals surface area contributed by atoms with E-state index in [4.69, 9.17) is 58.0 Å². The summed E-state index contributed by atoms with van der Waals surface area (Å²) in [6, 6.07) is 4.36. The Morgan fingerprint density at radius 1 is 1.21 bits per heavy atom. The van der Waals surface area contributed by atoms with Crippen molar-refractivity contribution in [3.63, 3.8) is 0 Å². The molecule has 0 amide bonds. The summed E-state index contributed by atoms with van der Waals surface area (Å²) >= 11 is 28.3. The quantitative estimate of drug-likeness (QED) is 0.745. The van der Waals surface area contributed by atoms with Crippen LogP contribution in [0.3, 0.4) is 0 Å². The number of hydrogen-bond donors (Lipinski definition) is 1. The topological polar surface area (TPSA) is 20.2 Å². The first-order valence-corrected chi connectivity index (χ1v) is 5.46. The maximum absolute atomic E-state index is 9.45. The molecule has 0 aliphatic rings. The van der Waals surface area contributed by atoms with Crippen molar-refractivity contribution in [2.75, 3.05) is 0 Å². The Morgan fingerprint density at radius 3 is 2.29 bits per heavy atom. The molecule has 0 radical (unpaired) electrons. The molecule has 1 aromatic rings. The number of phenols is 1. The summed E-state index contributed by atoms with van der Waals surface area (Å²) in [6.07, 6.45) is 0. The molecule has 1 nitrogen and oxygen atoms in total. The molecular formula is C8H5Cl5O. The van der Waals surface area contributed by atoms with Crippen molar-refractivity contribution in [2.24, 2.45) is 0 Å². The second-order valence-electron chi connectivity index (χ2n) is 2.61. The Bertz CT molecular complexity index is 333. The summed E-state index contributed by atoms with van der Waals surface area (Å²) in [7, 11) is 0. The van der Waals surface area contributed by atoms with E-state index in [1.165, 1.54) is 18.2 Å². The van der Waals surface area contributed by atoms with Gasteiger partial charge in [0.2, 0.25) is 3.79 Å². The van der Waals surface area contributed by atoms with Gasteiger partial charge in [0, 0.05) is 10.6 Å². The number of phenolic OH excluding ortho intramolecular Hbond substituents is 1. The Labute approximate surface area is 106 Å². The highest BCUT2D eigenvalue weighted by atomic mass is 35.6. The standard InChI is InChI=1S/C8H5Cl5O/c9-4-1-2-6(14)5(3-4)7(10)8(11,12)13/h1-3,7,14H. The van der Waals surface area contributed by atoms with Gasteiger partial charge in [0.25, 0.3) is 0 Å². The second kappa shape index (κ2) is 4.54. The molecule has 0 bridgehead atoms. The summed E-state index contributed by atoms with van der Waals surface area (Å²) in [4.78, 5) is 0. The number of aromatic hydroxyl groups is 1. The molecule has 14 heavy (non-hydrogen) atoms. The number of benzene rings is 1. The number of halogens is 5. The molecule has 1 atom stereocenters. The van der Waals surface area contributed by atoms with Gasteiger partial charge in [0.15, 0.2) is 0 Å². The van der Waals surface area contributed by atoms with Gasteiger partial charge in [0.05, 0.1) is 0 Å². The van der Waals surface area contributed by atoms with Gasteiger partial charge >= 0.3 is 0 Å². The van der Waals surface area contributed by atoms with Crippen LogP contribution < -0.4 is 0 Å². The highest BCUT2D eigenvalue weighted by molar-refractivity contribution is 6.70. The van der Waals surface area contributed by atoms with E-state index in [1.54, 1.807) is 0 Å². The van der Waals surface area contributed by atoms with Crippen LogP contribution in [0.2, 0.25) is 5.02 Å². The number of rotatable bonds is 1. The summed E-state index contributed by atoms with van der Waals surface area (Å²) in [5, 5.41) is 8.91. The summed E-state index contributed by atoms with van der Waals surface area (Å²) in [5.74, 6) is -0.0549. The lowest BCUT2D eigenvalue weighted by molar-refractivity contribution is 0.467. The summed E-state index contributed by atoms with van der Waals surface area (Å²) in [5.41, 5.74) is 0.291. The van der Waals surface area contributed by atoms with E-state index in [2.05, 4.69) is 0 Å². The third-order valence-corrected chi connectivity index (χ3v) is 3.34. The van der Waals surface area contributed by atoms with Crippen LogP contribution in [-0.4, -0.2) is 8.90 Å². The smallest absolute Gasteiger partial charge is 0.210 e. The normalized spacial score (nSPS) is 14.1. The van der Waals surface area contributed by atoms with Gasteiger partial charge in [-0.15, -0.1) is 11.6 Å². The van der Waals surface area contributed by atoms with Gasteiger partial charge in [-0.3, -0.25) is 0 Å². The molecular weight excluding hydrogens is 289 g/mol. The van der Waals surface area contributed by atoms with Crippen molar-refractivity contribution in [1.82, 2.24) is 0 Å². The highest BCUT2D eigenvalue weighted by Crippen LogP contribution is 2.47. The van der Waals surface area contributed by atoms with Crippen molar-refractivity contribution in [3.8, 4) is 5.75 Å². The highest BCUT2D eigenvalue weighted by Gasteiger charge is 2.33. The number of hydrogen-bond acceptors (Lipinski definition) is 1. The minimum absolute atomic E-state index is 0.0549. The predicted octanol–water partition coefficient (Wildman–Crippen LogP) is 4.70. The van der Waals surface area contributed by atoms with E-state index in [9.17, 15) is 5.11 Å². The largest absolute Gasteiger partial charge is 0.508 e. The average molecular weight is 294 g/mol. The van der Waals surface area contributed by atoms with Crippen molar-refractivity contribution >= 4 is 58.0 Å². The molecule has 0 aliphatic heterocycles. The van der Waals surface area contributed by atoms with E-state index in [0.717, 1.165) is 0 Å². The maximum Gasteiger partial charge on any atom is 0.210 e. The zero-order valence-electron chi connectivity index (χ0n) is 6.65. The van der Waals surface area contributed by atoms with Crippen molar-refractivity contribution in [1.29, 1.82) is 0 Å². The molecule has 78 valence electrons. The molecule has 1 rings (SSSR count). The molecule has 0 saturated carbocycles. The lowest BCUT2D eigenvalue weighted by Crippen LogP contribution is -2.11. The lowest BCUT2D eigenvalue weighted by Gasteiger charge is -2.19. The van der Waals surface area contributed by atoms with Crippen LogP contribution in [0.5, 0.6) is 5.75 Å². The zero-order valence-corrected chi connectivity index (χ0v) is 10.4. The molecule has 0 fully saturated rings. The molecule has 0 spiro atoms. The van der Waals surface area contributed by atoms with E-state index < -0.39 is 9.17 Å². The molecule has 0 saturated heterocycles. The number of alkyl halides is 4. The average Bonchev–Trinajstić information content (AvgIpc) is 2.06. The Hall–Kier alpha value is 0.470.